The second-order valence-electron chi connectivity index (χ2n) is 9.47. The molecule has 34 heavy (non-hydrogen) atoms. The molecule has 0 spiro atoms. The predicted octanol–water partition coefficient (Wildman–Crippen LogP) is 4.23. The van der Waals surface area contributed by atoms with Crippen LogP contribution in [0.4, 0.5) is 0 Å². The molecular weight excluding hydrogens is 444 g/mol. The lowest BCUT2D eigenvalue weighted by molar-refractivity contribution is -0.190. The van der Waals surface area contributed by atoms with Gasteiger partial charge in [0.2, 0.25) is 0 Å². The van der Waals surface area contributed by atoms with Crippen molar-refractivity contribution in [3.63, 3.8) is 0 Å². The van der Waals surface area contributed by atoms with E-state index in [9.17, 15) is 4.79 Å². The minimum absolute atomic E-state index is 0.125. The van der Waals surface area contributed by atoms with E-state index in [1.54, 1.807) is 6.08 Å². The van der Waals surface area contributed by atoms with Crippen LogP contribution in [0.15, 0.2) is 85.5 Å². The van der Waals surface area contributed by atoms with Crippen molar-refractivity contribution in [1.29, 1.82) is 0 Å². The topological polar surface area (TPSA) is 54.0 Å². The molecular formula is C28H36O5Si. The standard InChI is InChI=1S/C28H36O5Si/c1-6-19-31-27-22(20-26(29)30-5)17-18-23(33-27)21-32-34(28(2,3)4,24-13-9-7-10-14-24)25-15-11-8-12-16-25/h6-18,22-23,27H,1,19-21H2,2-5H3/t22-,23+,27+/m1/s1. The minimum Gasteiger partial charge on any atom is -0.469 e. The van der Waals surface area contributed by atoms with E-state index in [1.807, 2.05) is 24.3 Å². The molecule has 0 unspecified atom stereocenters. The lowest BCUT2D eigenvalue weighted by Crippen LogP contribution is -2.67. The van der Waals surface area contributed by atoms with Crippen LogP contribution in [0.1, 0.15) is 27.2 Å². The molecule has 1 aliphatic heterocycles. The third kappa shape index (κ3) is 5.94. The van der Waals surface area contributed by atoms with Crippen molar-refractivity contribution in [3.05, 3.63) is 85.5 Å². The SMILES string of the molecule is C=CCO[C@H]1O[C@H](CO[Si](c2ccccc2)(c2ccccc2)C(C)(C)C)C=C[C@@H]1CC(=O)OC. The highest BCUT2D eigenvalue weighted by Gasteiger charge is 2.50. The van der Waals surface area contributed by atoms with Crippen LogP contribution in [-0.2, 0) is 23.4 Å². The van der Waals surface area contributed by atoms with Gasteiger partial charge >= 0.3 is 5.97 Å². The Balaban J connectivity index is 1.90. The summed E-state index contributed by atoms with van der Waals surface area (Å²) in [4.78, 5) is 11.9. The van der Waals surface area contributed by atoms with E-state index in [1.165, 1.54) is 17.5 Å². The molecule has 1 aliphatic rings. The van der Waals surface area contributed by atoms with Gasteiger partial charge in [0.1, 0.15) is 6.10 Å². The maximum atomic E-state index is 11.9. The van der Waals surface area contributed by atoms with Gasteiger partial charge in [0.05, 0.1) is 26.7 Å². The zero-order chi connectivity index (χ0) is 24.6. The summed E-state index contributed by atoms with van der Waals surface area (Å²) in [6.45, 7) is 11.2. The molecule has 2 aromatic rings. The summed E-state index contributed by atoms with van der Waals surface area (Å²) in [6, 6.07) is 21.0. The van der Waals surface area contributed by atoms with Crippen molar-refractivity contribution >= 4 is 24.7 Å². The number of methoxy groups -OCH3 is 1. The van der Waals surface area contributed by atoms with Crippen LogP contribution >= 0.6 is 0 Å². The number of hydrogen-bond donors (Lipinski definition) is 0. The van der Waals surface area contributed by atoms with E-state index in [4.69, 9.17) is 18.6 Å². The van der Waals surface area contributed by atoms with E-state index < -0.39 is 14.6 Å². The van der Waals surface area contributed by atoms with E-state index in [0.29, 0.717) is 13.2 Å². The Morgan fingerprint density at radius 2 is 1.62 bits per heavy atom. The van der Waals surface area contributed by atoms with Crippen LogP contribution in [0.5, 0.6) is 0 Å². The van der Waals surface area contributed by atoms with Crippen LogP contribution in [0.3, 0.4) is 0 Å². The molecule has 1 heterocycles. The Morgan fingerprint density at radius 1 is 1.03 bits per heavy atom. The van der Waals surface area contributed by atoms with Gasteiger partial charge in [-0.3, -0.25) is 4.79 Å². The fourth-order valence-corrected chi connectivity index (χ4v) is 9.08. The van der Waals surface area contributed by atoms with Crippen molar-refractivity contribution in [2.75, 3.05) is 20.3 Å². The summed E-state index contributed by atoms with van der Waals surface area (Å²) in [5.41, 5.74) is 0. The second-order valence-corrected chi connectivity index (χ2v) is 13.8. The normalized spacial score (nSPS) is 20.6. The molecule has 0 fully saturated rings. The van der Waals surface area contributed by atoms with Gasteiger partial charge in [0.15, 0.2) is 6.29 Å². The monoisotopic (exact) mass is 480 g/mol. The van der Waals surface area contributed by atoms with Gasteiger partial charge in [0, 0.05) is 5.92 Å². The summed E-state index contributed by atoms with van der Waals surface area (Å²) < 4.78 is 23.9. The predicted molar refractivity (Wildman–Crippen MR) is 138 cm³/mol. The lowest BCUT2D eigenvalue weighted by Gasteiger charge is -2.44. The first-order chi connectivity index (χ1) is 16.3. The average molecular weight is 481 g/mol. The summed E-state index contributed by atoms with van der Waals surface area (Å²) in [5.74, 6) is -0.524. The van der Waals surface area contributed by atoms with Gasteiger partial charge in [0.25, 0.3) is 8.32 Å². The van der Waals surface area contributed by atoms with Gasteiger partial charge in [-0.15, -0.1) is 6.58 Å². The molecule has 0 saturated carbocycles. The molecule has 2 aromatic carbocycles. The lowest BCUT2D eigenvalue weighted by atomic mass is 10.0. The highest BCUT2D eigenvalue weighted by atomic mass is 28.4. The maximum absolute atomic E-state index is 11.9. The third-order valence-corrected chi connectivity index (χ3v) is 11.1. The van der Waals surface area contributed by atoms with Gasteiger partial charge in [-0.05, 0) is 15.4 Å². The largest absolute Gasteiger partial charge is 0.469 e. The van der Waals surface area contributed by atoms with Gasteiger partial charge in [-0.25, -0.2) is 0 Å². The molecule has 0 aromatic heterocycles. The quantitative estimate of drug-likeness (QED) is 0.289. The smallest absolute Gasteiger partial charge is 0.306 e. The minimum atomic E-state index is -2.67. The van der Waals surface area contributed by atoms with Crippen LogP contribution in [0.25, 0.3) is 0 Å². The molecule has 5 nitrogen and oxygen atoms in total. The Labute approximate surface area is 204 Å². The van der Waals surface area contributed by atoms with Gasteiger partial charge in [-0.1, -0.05) is 99.7 Å². The third-order valence-electron chi connectivity index (χ3n) is 6.12. The Morgan fingerprint density at radius 3 is 2.12 bits per heavy atom. The van der Waals surface area contributed by atoms with E-state index in [0.717, 1.165) is 0 Å². The molecule has 0 aliphatic carbocycles. The number of esters is 1. The summed E-state index contributed by atoms with van der Waals surface area (Å²) in [5, 5.41) is 2.31. The van der Waals surface area contributed by atoms with Crippen molar-refractivity contribution in [2.24, 2.45) is 5.92 Å². The number of ether oxygens (including phenoxy) is 3. The van der Waals surface area contributed by atoms with E-state index in [-0.39, 0.29) is 29.5 Å². The molecule has 0 N–H and O–H groups in total. The van der Waals surface area contributed by atoms with Gasteiger partial charge in [-0.2, -0.15) is 0 Å². The van der Waals surface area contributed by atoms with Crippen molar-refractivity contribution in [2.45, 2.75) is 44.6 Å². The Kier molecular flexibility index (Phi) is 9.02. The van der Waals surface area contributed by atoms with Crippen molar-refractivity contribution < 1.29 is 23.4 Å². The number of benzene rings is 2. The second kappa shape index (κ2) is 11.8. The molecule has 6 heteroatoms. The van der Waals surface area contributed by atoms with Gasteiger partial charge < -0.3 is 18.6 Å². The number of rotatable bonds is 10. The van der Waals surface area contributed by atoms with Crippen LogP contribution in [-0.4, -0.2) is 47.0 Å². The molecule has 0 amide bonds. The Bertz CT molecular complexity index is 912. The number of carbonyl (C=O) groups excluding carboxylic acids is 1. The van der Waals surface area contributed by atoms with E-state index in [2.05, 4.69) is 75.9 Å². The molecule has 0 bridgehead atoms. The first-order valence-electron chi connectivity index (χ1n) is 11.7. The number of hydrogen-bond acceptors (Lipinski definition) is 5. The summed E-state index contributed by atoms with van der Waals surface area (Å²) >= 11 is 0. The zero-order valence-corrected chi connectivity index (χ0v) is 21.6. The highest BCUT2D eigenvalue weighted by molar-refractivity contribution is 6.99. The maximum Gasteiger partial charge on any atom is 0.306 e. The van der Waals surface area contributed by atoms with Crippen LogP contribution in [0, 0.1) is 5.92 Å². The fourth-order valence-electron chi connectivity index (χ4n) is 4.51. The summed E-state index contributed by atoms with van der Waals surface area (Å²) in [6.07, 6.45) is 4.94. The molecule has 0 saturated heterocycles. The number of carbonyl (C=O) groups is 1. The fraction of sp³-hybridized carbons (Fsp3) is 0.393. The van der Waals surface area contributed by atoms with E-state index >= 15 is 0 Å². The average Bonchev–Trinajstić information content (AvgIpc) is 2.84. The Hall–Kier alpha value is -2.51. The van der Waals surface area contributed by atoms with Crippen molar-refractivity contribution in [3.8, 4) is 0 Å². The van der Waals surface area contributed by atoms with Crippen molar-refractivity contribution in [1.82, 2.24) is 0 Å². The zero-order valence-electron chi connectivity index (χ0n) is 20.6. The molecule has 182 valence electrons. The summed E-state index contributed by atoms with van der Waals surface area (Å²) in [7, 11) is -1.29. The van der Waals surface area contributed by atoms with Crippen LogP contribution in [0.2, 0.25) is 5.04 Å². The van der Waals surface area contributed by atoms with Crippen LogP contribution < -0.4 is 10.4 Å². The molecule has 3 rings (SSSR count). The first-order valence-corrected chi connectivity index (χ1v) is 13.6. The molecule has 3 atom stereocenters. The first kappa shape index (κ1) is 26.1. The molecule has 0 radical (unpaired) electrons. The highest BCUT2D eigenvalue weighted by Crippen LogP contribution is 2.37.